The van der Waals surface area contributed by atoms with E-state index >= 15 is 0 Å². The molecule has 1 heterocycles. The number of carboxylic acids is 1. The van der Waals surface area contributed by atoms with Crippen molar-refractivity contribution in [2.45, 2.75) is 33.6 Å². The standard InChI is InChI=1S/C26H27NO5/c1-26(2,3)16-12-15(9-14-10-20(28)24(29)21(11-14)32-4)23-18(13-16)22(25(30)31)17-7-5-6-8-19(17)27-23/h5-11,16,28-29H,12-13H2,1-4H3,(H,30,31). The number of para-hydroxylation sites is 1. The number of hydrogen-bond acceptors (Lipinski definition) is 5. The van der Waals surface area contributed by atoms with E-state index in [1.165, 1.54) is 13.2 Å². The van der Waals surface area contributed by atoms with Crippen LogP contribution in [0.25, 0.3) is 22.6 Å². The molecule has 166 valence electrons. The molecular formula is C26H27NO5. The first-order valence-corrected chi connectivity index (χ1v) is 10.6. The number of ether oxygens (including phenoxy) is 1. The maximum Gasteiger partial charge on any atom is 0.336 e. The van der Waals surface area contributed by atoms with Gasteiger partial charge in [0, 0.05) is 5.39 Å². The van der Waals surface area contributed by atoms with Crippen molar-refractivity contribution < 1.29 is 24.9 Å². The van der Waals surface area contributed by atoms with E-state index in [9.17, 15) is 20.1 Å². The van der Waals surface area contributed by atoms with Crippen molar-refractivity contribution in [3.63, 3.8) is 0 Å². The summed E-state index contributed by atoms with van der Waals surface area (Å²) in [6.45, 7) is 6.47. The number of aromatic carboxylic acids is 1. The van der Waals surface area contributed by atoms with Crippen LogP contribution in [-0.4, -0.2) is 33.4 Å². The van der Waals surface area contributed by atoms with Crippen LogP contribution in [0.2, 0.25) is 0 Å². The van der Waals surface area contributed by atoms with Crippen molar-refractivity contribution in [3.05, 3.63) is 58.8 Å². The third-order valence-corrected chi connectivity index (χ3v) is 6.29. The summed E-state index contributed by atoms with van der Waals surface area (Å²) in [5.41, 5.74) is 3.83. The number of carbonyl (C=O) groups is 1. The third kappa shape index (κ3) is 3.77. The van der Waals surface area contributed by atoms with Crippen LogP contribution in [0.15, 0.2) is 36.4 Å². The Kier molecular flexibility index (Phi) is 5.33. The van der Waals surface area contributed by atoms with Crippen molar-refractivity contribution in [2.75, 3.05) is 7.11 Å². The SMILES string of the molecule is COc1cc(C=C2CC(C(C)(C)C)Cc3c2nc2ccccc2c3C(=O)O)cc(O)c1O. The Morgan fingerprint density at radius 2 is 1.88 bits per heavy atom. The molecule has 0 fully saturated rings. The number of aromatic nitrogens is 1. The highest BCUT2D eigenvalue weighted by atomic mass is 16.5. The second-order valence-corrected chi connectivity index (χ2v) is 9.37. The summed E-state index contributed by atoms with van der Waals surface area (Å²) < 4.78 is 5.18. The molecule has 1 aliphatic rings. The summed E-state index contributed by atoms with van der Waals surface area (Å²) in [5, 5.41) is 30.9. The van der Waals surface area contributed by atoms with Crippen LogP contribution < -0.4 is 4.74 Å². The number of phenolic OH excluding ortho intramolecular Hbond substituents is 2. The molecule has 0 aliphatic heterocycles. The first-order valence-electron chi connectivity index (χ1n) is 10.6. The number of pyridine rings is 1. The predicted molar refractivity (Wildman–Crippen MR) is 124 cm³/mol. The summed E-state index contributed by atoms with van der Waals surface area (Å²) in [6, 6.07) is 10.4. The van der Waals surface area contributed by atoms with Gasteiger partial charge in [0.15, 0.2) is 11.5 Å². The molecule has 4 rings (SSSR count). The number of rotatable bonds is 3. The number of carboxylic acid groups (broad SMARTS) is 1. The molecule has 0 amide bonds. The number of allylic oxidation sites excluding steroid dienone is 1. The van der Waals surface area contributed by atoms with Gasteiger partial charge < -0.3 is 20.1 Å². The maximum atomic E-state index is 12.3. The molecule has 32 heavy (non-hydrogen) atoms. The van der Waals surface area contributed by atoms with Gasteiger partial charge in [0.25, 0.3) is 0 Å². The topological polar surface area (TPSA) is 99.9 Å². The minimum absolute atomic E-state index is 0.0486. The molecule has 3 aromatic rings. The second-order valence-electron chi connectivity index (χ2n) is 9.37. The minimum Gasteiger partial charge on any atom is -0.504 e. The van der Waals surface area contributed by atoms with Crippen LogP contribution in [0.1, 0.15) is 54.4 Å². The predicted octanol–water partition coefficient (Wildman–Crippen LogP) is 5.50. The van der Waals surface area contributed by atoms with E-state index in [-0.39, 0.29) is 28.6 Å². The van der Waals surface area contributed by atoms with Crippen LogP contribution in [0.3, 0.4) is 0 Å². The fourth-order valence-electron chi connectivity index (χ4n) is 4.43. The van der Waals surface area contributed by atoms with Crippen LogP contribution in [0.4, 0.5) is 0 Å². The molecule has 1 aliphatic carbocycles. The molecule has 2 aromatic carbocycles. The first kappa shape index (κ1) is 21.7. The number of benzene rings is 2. The Morgan fingerprint density at radius 3 is 2.53 bits per heavy atom. The van der Waals surface area contributed by atoms with Crippen molar-refractivity contribution in [1.29, 1.82) is 0 Å². The normalized spacial score (nSPS) is 17.4. The number of fused-ring (bicyclic) bond motifs is 2. The Labute approximate surface area is 186 Å². The quantitative estimate of drug-likeness (QED) is 0.472. The fraction of sp³-hybridized carbons (Fsp3) is 0.308. The maximum absolute atomic E-state index is 12.3. The zero-order valence-electron chi connectivity index (χ0n) is 18.6. The van der Waals surface area contributed by atoms with Crippen LogP contribution in [0, 0.1) is 11.3 Å². The van der Waals surface area contributed by atoms with Crippen molar-refractivity contribution in [3.8, 4) is 17.2 Å². The van der Waals surface area contributed by atoms with Gasteiger partial charge in [-0.2, -0.15) is 0 Å². The van der Waals surface area contributed by atoms with Crippen LogP contribution >= 0.6 is 0 Å². The highest BCUT2D eigenvalue weighted by molar-refractivity contribution is 6.06. The van der Waals surface area contributed by atoms with E-state index in [0.29, 0.717) is 40.6 Å². The molecule has 6 heteroatoms. The van der Waals surface area contributed by atoms with Crippen LogP contribution in [0.5, 0.6) is 17.2 Å². The number of phenols is 2. The van der Waals surface area contributed by atoms with E-state index in [1.54, 1.807) is 12.1 Å². The summed E-state index contributed by atoms with van der Waals surface area (Å²) in [6.07, 6.45) is 3.23. The molecular weight excluding hydrogens is 406 g/mol. The largest absolute Gasteiger partial charge is 0.504 e. The van der Waals surface area contributed by atoms with Gasteiger partial charge in [0.05, 0.1) is 23.9 Å². The fourth-order valence-corrected chi connectivity index (χ4v) is 4.43. The Morgan fingerprint density at radius 1 is 1.16 bits per heavy atom. The highest BCUT2D eigenvalue weighted by Gasteiger charge is 2.35. The molecule has 0 radical (unpaired) electrons. The number of hydrogen-bond donors (Lipinski definition) is 3. The van der Waals surface area contributed by atoms with Gasteiger partial charge in [-0.1, -0.05) is 39.0 Å². The van der Waals surface area contributed by atoms with Crippen molar-refractivity contribution in [1.82, 2.24) is 4.98 Å². The lowest BCUT2D eigenvalue weighted by Gasteiger charge is -2.36. The second kappa shape index (κ2) is 7.86. The molecule has 1 aromatic heterocycles. The molecule has 1 unspecified atom stereocenters. The molecule has 0 bridgehead atoms. The van der Waals surface area contributed by atoms with E-state index < -0.39 is 5.97 Å². The van der Waals surface area contributed by atoms with Gasteiger partial charge in [0.1, 0.15) is 0 Å². The van der Waals surface area contributed by atoms with Gasteiger partial charge in [-0.25, -0.2) is 9.78 Å². The molecule has 0 spiro atoms. The average Bonchev–Trinajstić information content (AvgIpc) is 2.73. The van der Waals surface area contributed by atoms with E-state index in [1.807, 2.05) is 24.3 Å². The first-order chi connectivity index (χ1) is 15.1. The zero-order chi connectivity index (χ0) is 23.2. The van der Waals surface area contributed by atoms with Gasteiger partial charge in [-0.3, -0.25) is 0 Å². The number of nitrogens with zero attached hydrogens (tertiary/aromatic N) is 1. The van der Waals surface area contributed by atoms with E-state index in [2.05, 4.69) is 20.8 Å². The number of methoxy groups -OCH3 is 1. The van der Waals surface area contributed by atoms with Crippen LogP contribution in [-0.2, 0) is 6.42 Å². The van der Waals surface area contributed by atoms with Gasteiger partial charge in [-0.15, -0.1) is 0 Å². The zero-order valence-corrected chi connectivity index (χ0v) is 18.6. The van der Waals surface area contributed by atoms with Crippen molar-refractivity contribution in [2.24, 2.45) is 11.3 Å². The monoisotopic (exact) mass is 433 g/mol. The third-order valence-electron chi connectivity index (χ3n) is 6.29. The van der Waals surface area contributed by atoms with Gasteiger partial charge >= 0.3 is 5.97 Å². The van der Waals surface area contributed by atoms with E-state index in [0.717, 1.165) is 11.1 Å². The lowest BCUT2D eigenvalue weighted by molar-refractivity contribution is 0.0696. The highest BCUT2D eigenvalue weighted by Crippen LogP contribution is 2.45. The molecule has 1 atom stereocenters. The Hall–Kier alpha value is -3.54. The molecule has 0 saturated heterocycles. The average molecular weight is 434 g/mol. The molecule has 0 saturated carbocycles. The minimum atomic E-state index is -0.960. The van der Waals surface area contributed by atoms with Crippen molar-refractivity contribution >= 4 is 28.5 Å². The Balaban J connectivity index is 2.00. The summed E-state index contributed by atoms with van der Waals surface area (Å²) >= 11 is 0. The Bertz CT molecular complexity index is 1250. The summed E-state index contributed by atoms with van der Waals surface area (Å²) in [4.78, 5) is 17.2. The molecule has 3 N–H and O–H groups in total. The summed E-state index contributed by atoms with van der Waals surface area (Å²) in [7, 11) is 1.42. The lowest BCUT2D eigenvalue weighted by Crippen LogP contribution is -2.28. The summed E-state index contributed by atoms with van der Waals surface area (Å²) in [5.74, 6) is -1.19. The number of aromatic hydroxyl groups is 2. The van der Waals surface area contributed by atoms with Gasteiger partial charge in [0.2, 0.25) is 5.75 Å². The van der Waals surface area contributed by atoms with E-state index in [4.69, 9.17) is 9.72 Å². The smallest absolute Gasteiger partial charge is 0.336 e. The molecule has 6 nitrogen and oxygen atoms in total. The van der Waals surface area contributed by atoms with Gasteiger partial charge in [-0.05, 0) is 65.1 Å². The lowest BCUT2D eigenvalue weighted by atomic mass is 9.69.